The van der Waals surface area contributed by atoms with Crippen LogP contribution >= 0.6 is 27.5 Å². The van der Waals surface area contributed by atoms with E-state index in [1.807, 2.05) is 13.8 Å². The molecule has 164 valence electrons. The van der Waals surface area contributed by atoms with Crippen LogP contribution in [0.4, 0.5) is 0 Å². The number of nitrogens with zero attached hydrogens (tertiary/aromatic N) is 1. The number of rotatable bonds is 9. The Kier molecular flexibility index (Phi) is 9.27. The molecule has 2 unspecified atom stereocenters. The zero-order valence-electron chi connectivity index (χ0n) is 17.3. The lowest BCUT2D eigenvalue weighted by molar-refractivity contribution is -0.139. The van der Waals surface area contributed by atoms with E-state index in [1.165, 1.54) is 19.4 Å². The smallest absolute Gasteiger partial charge is 0.336 e. The fraction of sp³-hybridized carbons (Fsp3) is 0.261. The van der Waals surface area contributed by atoms with E-state index >= 15 is 0 Å². The number of carbonyl (C=O) groups excluding carboxylic acids is 1. The molecule has 6 nitrogen and oxygen atoms in total. The van der Waals surface area contributed by atoms with Crippen LogP contribution in [-0.2, 0) is 9.59 Å². The molecular formula is C23H23BrClNO5. The molecule has 2 atom stereocenters. The Morgan fingerprint density at radius 1 is 1.23 bits per heavy atom. The number of esters is 1. The average Bonchev–Trinajstić information content (AvgIpc) is 2.74. The molecule has 31 heavy (non-hydrogen) atoms. The molecule has 0 heterocycles. The topological polar surface area (TPSA) is 85.2 Å². The SMILES string of the molecule is CCC(C)C(N=Cc1cc(Br)c(OC(=O)/C=C/c2ccc(Cl)cc2)c(OC)c1)C(=O)O. The van der Waals surface area contributed by atoms with Crippen molar-refractivity contribution in [2.75, 3.05) is 7.11 Å². The Hall–Kier alpha value is -2.64. The van der Waals surface area contributed by atoms with E-state index in [2.05, 4.69) is 20.9 Å². The van der Waals surface area contributed by atoms with Gasteiger partial charge in [-0.05, 0) is 63.3 Å². The molecule has 2 rings (SSSR count). The van der Waals surface area contributed by atoms with E-state index in [1.54, 1.807) is 42.5 Å². The second kappa shape index (κ2) is 11.7. The lowest BCUT2D eigenvalue weighted by Crippen LogP contribution is -2.25. The summed E-state index contributed by atoms with van der Waals surface area (Å²) in [6.07, 6.45) is 5.08. The van der Waals surface area contributed by atoms with E-state index in [4.69, 9.17) is 21.1 Å². The number of aliphatic carboxylic acids is 1. The maximum absolute atomic E-state index is 12.3. The van der Waals surface area contributed by atoms with Crippen molar-refractivity contribution in [3.8, 4) is 11.5 Å². The van der Waals surface area contributed by atoms with Crippen LogP contribution in [0.1, 0.15) is 31.4 Å². The maximum atomic E-state index is 12.3. The summed E-state index contributed by atoms with van der Waals surface area (Å²) >= 11 is 9.23. The molecule has 0 amide bonds. The fourth-order valence-corrected chi connectivity index (χ4v) is 3.30. The standard InChI is InChI=1S/C23H23BrClNO5/c1-4-14(2)21(23(28)29)26-13-16-11-18(24)22(19(12-16)30-3)31-20(27)10-7-15-5-8-17(25)9-6-15/h5-14,21H,4H2,1-3H3,(H,28,29)/b10-7+,26-13?. The van der Waals surface area contributed by atoms with Gasteiger partial charge in [-0.1, -0.05) is 44.0 Å². The minimum atomic E-state index is -0.977. The van der Waals surface area contributed by atoms with Crippen molar-refractivity contribution in [1.82, 2.24) is 0 Å². The van der Waals surface area contributed by atoms with E-state index in [9.17, 15) is 14.7 Å². The van der Waals surface area contributed by atoms with Gasteiger partial charge in [0.25, 0.3) is 0 Å². The molecule has 2 aromatic carbocycles. The molecule has 0 saturated carbocycles. The largest absolute Gasteiger partial charge is 0.493 e. The van der Waals surface area contributed by atoms with Crippen molar-refractivity contribution in [1.29, 1.82) is 0 Å². The van der Waals surface area contributed by atoms with Crippen molar-refractivity contribution in [2.24, 2.45) is 10.9 Å². The zero-order chi connectivity index (χ0) is 23.0. The molecule has 0 radical (unpaired) electrons. The van der Waals surface area contributed by atoms with Gasteiger partial charge in [0.2, 0.25) is 0 Å². The van der Waals surface area contributed by atoms with Gasteiger partial charge in [0.1, 0.15) is 6.04 Å². The summed E-state index contributed by atoms with van der Waals surface area (Å²) in [5, 5.41) is 9.99. The molecule has 0 aliphatic rings. The highest BCUT2D eigenvalue weighted by Gasteiger charge is 2.22. The fourth-order valence-electron chi connectivity index (χ4n) is 2.63. The average molecular weight is 509 g/mol. The number of carboxylic acid groups (broad SMARTS) is 1. The quantitative estimate of drug-likeness (QED) is 0.205. The van der Waals surface area contributed by atoms with Crippen LogP contribution < -0.4 is 9.47 Å². The minimum Gasteiger partial charge on any atom is -0.493 e. The molecule has 0 saturated heterocycles. The third-order valence-corrected chi connectivity index (χ3v) is 5.40. The van der Waals surface area contributed by atoms with Crippen molar-refractivity contribution in [3.63, 3.8) is 0 Å². The summed E-state index contributed by atoms with van der Waals surface area (Å²) in [7, 11) is 1.45. The van der Waals surface area contributed by atoms with Gasteiger partial charge in [-0.3, -0.25) is 4.99 Å². The number of methoxy groups -OCH3 is 1. The van der Waals surface area contributed by atoms with E-state index in [-0.39, 0.29) is 11.7 Å². The predicted molar refractivity (Wildman–Crippen MR) is 125 cm³/mol. The number of hydrogen-bond acceptors (Lipinski definition) is 5. The van der Waals surface area contributed by atoms with Gasteiger partial charge >= 0.3 is 11.9 Å². The van der Waals surface area contributed by atoms with Gasteiger partial charge in [0.05, 0.1) is 11.6 Å². The summed E-state index contributed by atoms with van der Waals surface area (Å²) in [6, 6.07) is 9.46. The molecular weight excluding hydrogens is 486 g/mol. The Bertz CT molecular complexity index is 988. The van der Waals surface area contributed by atoms with E-state index in [0.717, 1.165) is 5.56 Å². The van der Waals surface area contributed by atoms with E-state index in [0.29, 0.717) is 27.2 Å². The van der Waals surface area contributed by atoms with Crippen LogP contribution in [0.2, 0.25) is 5.02 Å². The Labute approximate surface area is 194 Å². The van der Waals surface area contributed by atoms with Crippen LogP contribution in [0.15, 0.2) is 51.9 Å². The Morgan fingerprint density at radius 3 is 2.48 bits per heavy atom. The van der Waals surface area contributed by atoms with Crippen molar-refractivity contribution >= 4 is 51.8 Å². The van der Waals surface area contributed by atoms with Crippen LogP contribution in [-0.4, -0.2) is 36.4 Å². The second-order valence-corrected chi connectivity index (χ2v) is 8.08. The monoisotopic (exact) mass is 507 g/mol. The first-order chi connectivity index (χ1) is 14.7. The number of hydrogen-bond donors (Lipinski definition) is 1. The van der Waals surface area contributed by atoms with Gasteiger partial charge < -0.3 is 14.6 Å². The summed E-state index contributed by atoms with van der Waals surface area (Å²) in [4.78, 5) is 27.9. The van der Waals surface area contributed by atoms with Gasteiger partial charge in [0.15, 0.2) is 11.5 Å². The van der Waals surface area contributed by atoms with Gasteiger partial charge in [-0.25, -0.2) is 9.59 Å². The molecule has 0 aliphatic heterocycles. The first kappa shape index (κ1) is 24.6. The summed E-state index contributed by atoms with van der Waals surface area (Å²) in [5.41, 5.74) is 1.41. The van der Waals surface area contributed by atoms with Gasteiger partial charge in [-0.2, -0.15) is 0 Å². The molecule has 0 spiro atoms. The third kappa shape index (κ3) is 7.22. The van der Waals surface area contributed by atoms with Crippen LogP contribution in [0, 0.1) is 5.92 Å². The first-order valence-electron chi connectivity index (χ1n) is 9.54. The highest BCUT2D eigenvalue weighted by molar-refractivity contribution is 9.10. The number of carboxylic acids is 1. The van der Waals surface area contributed by atoms with E-state index < -0.39 is 18.0 Å². The molecule has 0 aliphatic carbocycles. The summed E-state index contributed by atoms with van der Waals surface area (Å²) in [5.74, 6) is -1.15. The van der Waals surface area contributed by atoms with Crippen molar-refractivity contribution < 1.29 is 24.2 Å². The van der Waals surface area contributed by atoms with Crippen LogP contribution in [0.3, 0.4) is 0 Å². The number of benzene rings is 2. The third-order valence-electron chi connectivity index (χ3n) is 4.56. The highest BCUT2D eigenvalue weighted by Crippen LogP contribution is 2.36. The predicted octanol–water partition coefficient (Wildman–Crippen LogP) is 5.65. The summed E-state index contributed by atoms with van der Waals surface area (Å²) < 4.78 is 11.2. The lowest BCUT2D eigenvalue weighted by atomic mass is 10.00. The molecule has 2 aromatic rings. The van der Waals surface area contributed by atoms with Gasteiger partial charge in [-0.15, -0.1) is 0 Å². The lowest BCUT2D eigenvalue weighted by Gasteiger charge is -2.14. The van der Waals surface area contributed by atoms with Crippen molar-refractivity contribution in [2.45, 2.75) is 26.3 Å². The summed E-state index contributed by atoms with van der Waals surface area (Å²) in [6.45, 7) is 3.76. The second-order valence-electron chi connectivity index (χ2n) is 6.79. The minimum absolute atomic E-state index is 0.105. The highest BCUT2D eigenvalue weighted by atomic mass is 79.9. The molecule has 8 heteroatoms. The Balaban J connectivity index is 2.20. The molecule has 0 bridgehead atoms. The first-order valence-corrected chi connectivity index (χ1v) is 10.7. The Morgan fingerprint density at radius 2 is 1.90 bits per heavy atom. The van der Waals surface area contributed by atoms with Crippen molar-refractivity contribution in [3.05, 3.63) is 63.1 Å². The number of carbonyl (C=O) groups is 2. The molecule has 0 aromatic heterocycles. The normalized spacial score (nSPS) is 13.3. The number of ether oxygens (including phenoxy) is 2. The zero-order valence-corrected chi connectivity index (χ0v) is 19.7. The molecule has 1 N–H and O–H groups in total. The van der Waals surface area contributed by atoms with Gasteiger partial charge in [0, 0.05) is 17.3 Å². The number of aliphatic imine (C=N–C) groups is 1. The number of halogens is 2. The molecule has 0 fully saturated rings. The maximum Gasteiger partial charge on any atom is 0.336 e. The van der Waals surface area contributed by atoms with Crippen LogP contribution in [0.25, 0.3) is 6.08 Å². The van der Waals surface area contributed by atoms with Crippen LogP contribution in [0.5, 0.6) is 11.5 Å².